The van der Waals surface area contributed by atoms with Crippen LogP contribution in [0.2, 0.25) is 0 Å². The Balaban J connectivity index is 2.33. The molecule has 0 saturated carbocycles. The molecule has 1 heterocycles. The van der Waals surface area contributed by atoms with Gasteiger partial charge in [-0.05, 0) is 12.8 Å². The van der Waals surface area contributed by atoms with Crippen molar-refractivity contribution in [1.29, 1.82) is 0 Å². The van der Waals surface area contributed by atoms with Gasteiger partial charge in [-0.3, -0.25) is 4.90 Å². The van der Waals surface area contributed by atoms with Crippen LogP contribution in [-0.4, -0.2) is 66.8 Å². The van der Waals surface area contributed by atoms with Crippen LogP contribution in [-0.2, 0) is 0 Å². The fourth-order valence-electron chi connectivity index (χ4n) is 2.30. The number of aliphatic hydroxyl groups excluding tert-OH is 1. The molecule has 0 aliphatic carbocycles. The van der Waals surface area contributed by atoms with Crippen molar-refractivity contribution in [3.8, 4) is 0 Å². The van der Waals surface area contributed by atoms with Crippen LogP contribution in [0.5, 0.6) is 0 Å². The van der Waals surface area contributed by atoms with Crippen LogP contribution in [0.3, 0.4) is 0 Å². The number of hydrogen-bond donors (Lipinski definition) is 2. The van der Waals surface area contributed by atoms with Crippen LogP contribution in [0.25, 0.3) is 0 Å². The summed E-state index contributed by atoms with van der Waals surface area (Å²) in [7, 11) is 0. The van der Waals surface area contributed by atoms with Gasteiger partial charge in [0.15, 0.2) is 0 Å². The summed E-state index contributed by atoms with van der Waals surface area (Å²) in [4.78, 5) is 4.95. The van der Waals surface area contributed by atoms with E-state index in [1.54, 1.807) is 0 Å². The molecule has 15 heavy (non-hydrogen) atoms. The lowest BCUT2D eigenvalue weighted by Crippen LogP contribution is -2.54. The standard InChI is InChI=1S/C11H25N3O/c1-2-11-10-13(5-3-9-15)7-8-14(11)6-4-12/h11,15H,2-10,12H2,1H3. The summed E-state index contributed by atoms with van der Waals surface area (Å²) >= 11 is 0. The third kappa shape index (κ3) is 4.07. The third-order valence-electron chi connectivity index (χ3n) is 3.21. The van der Waals surface area contributed by atoms with E-state index in [0.717, 1.165) is 45.7 Å². The summed E-state index contributed by atoms with van der Waals surface area (Å²) in [6, 6.07) is 0.654. The molecular formula is C11H25N3O. The van der Waals surface area contributed by atoms with Crippen LogP contribution in [0, 0.1) is 0 Å². The Morgan fingerprint density at radius 2 is 2.13 bits per heavy atom. The Kier molecular flexibility index (Phi) is 6.17. The van der Waals surface area contributed by atoms with Crippen LogP contribution in [0.4, 0.5) is 0 Å². The van der Waals surface area contributed by atoms with Crippen molar-refractivity contribution in [1.82, 2.24) is 9.80 Å². The molecule has 0 spiro atoms. The molecule has 1 unspecified atom stereocenters. The Bertz CT molecular complexity index is 166. The summed E-state index contributed by atoms with van der Waals surface area (Å²) in [5.41, 5.74) is 5.60. The highest BCUT2D eigenvalue weighted by Gasteiger charge is 2.24. The molecule has 4 heteroatoms. The van der Waals surface area contributed by atoms with E-state index in [2.05, 4.69) is 16.7 Å². The van der Waals surface area contributed by atoms with Crippen LogP contribution >= 0.6 is 0 Å². The normalized spacial score (nSPS) is 24.6. The highest BCUT2D eigenvalue weighted by Crippen LogP contribution is 2.12. The van der Waals surface area contributed by atoms with E-state index in [4.69, 9.17) is 10.8 Å². The third-order valence-corrected chi connectivity index (χ3v) is 3.21. The van der Waals surface area contributed by atoms with Crippen molar-refractivity contribution >= 4 is 0 Å². The number of piperazine rings is 1. The first-order chi connectivity index (χ1) is 7.31. The fourth-order valence-corrected chi connectivity index (χ4v) is 2.30. The second-order valence-corrected chi connectivity index (χ2v) is 4.26. The molecule has 1 saturated heterocycles. The predicted octanol–water partition coefficient (Wildman–Crippen LogP) is -0.276. The maximum atomic E-state index is 8.80. The quantitative estimate of drug-likeness (QED) is 0.640. The molecule has 1 fully saturated rings. The smallest absolute Gasteiger partial charge is 0.0443 e. The minimum absolute atomic E-state index is 0.305. The Labute approximate surface area is 93.0 Å². The fraction of sp³-hybridized carbons (Fsp3) is 1.00. The highest BCUT2D eigenvalue weighted by atomic mass is 16.3. The van der Waals surface area contributed by atoms with Gasteiger partial charge in [-0.1, -0.05) is 6.92 Å². The van der Waals surface area contributed by atoms with Crippen LogP contribution in [0.15, 0.2) is 0 Å². The van der Waals surface area contributed by atoms with Gasteiger partial charge in [0.05, 0.1) is 0 Å². The Hall–Kier alpha value is -0.160. The summed E-state index contributed by atoms with van der Waals surface area (Å²) in [5.74, 6) is 0. The monoisotopic (exact) mass is 215 g/mol. The lowest BCUT2D eigenvalue weighted by atomic mass is 10.1. The van der Waals surface area contributed by atoms with Crippen molar-refractivity contribution < 1.29 is 5.11 Å². The van der Waals surface area contributed by atoms with Gasteiger partial charge in [-0.2, -0.15) is 0 Å². The van der Waals surface area contributed by atoms with Crippen molar-refractivity contribution in [2.24, 2.45) is 5.73 Å². The summed E-state index contributed by atoms with van der Waals surface area (Å²) < 4.78 is 0. The minimum atomic E-state index is 0.305. The summed E-state index contributed by atoms with van der Waals surface area (Å²) in [6.07, 6.45) is 2.09. The van der Waals surface area contributed by atoms with E-state index in [9.17, 15) is 0 Å². The maximum absolute atomic E-state index is 8.80. The van der Waals surface area contributed by atoms with Crippen LogP contribution in [0.1, 0.15) is 19.8 Å². The lowest BCUT2D eigenvalue weighted by molar-refractivity contribution is 0.0706. The maximum Gasteiger partial charge on any atom is 0.0443 e. The molecule has 0 bridgehead atoms. The number of nitrogens with zero attached hydrogens (tertiary/aromatic N) is 2. The van der Waals surface area contributed by atoms with Crippen molar-refractivity contribution in [3.63, 3.8) is 0 Å². The topological polar surface area (TPSA) is 52.7 Å². The molecular weight excluding hydrogens is 190 g/mol. The molecule has 90 valence electrons. The van der Waals surface area contributed by atoms with E-state index >= 15 is 0 Å². The summed E-state index contributed by atoms with van der Waals surface area (Å²) in [5, 5.41) is 8.80. The molecule has 4 nitrogen and oxygen atoms in total. The molecule has 1 rings (SSSR count). The average molecular weight is 215 g/mol. The van der Waals surface area contributed by atoms with E-state index in [1.807, 2.05) is 0 Å². The lowest BCUT2D eigenvalue weighted by Gasteiger charge is -2.41. The zero-order valence-corrected chi connectivity index (χ0v) is 9.86. The van der Waals surface area contributed by atoms with Crippen molar-refractivity contribution in [3.05, 3.63) is 0 Å². The highest BCUT2D eigenvalue weighted by molar-refractivity contribution is 4.81. The zero-order valence-electron chi connectivity index (χ0n) is 9.86. The minimum Gasteiger partial charge on any atom is -0.396 e. The molecule has 1 atom stereocenters. The largest absolute Gasteiger partial charge is 0.396 e. The Morgan fingerprint density at radius 1 is 1.33 bits per heavy atom. The first kappa shape index (κ1) is 12.9. The average Bonchev–Trinajstić information content (AvgIpc) is 2.28. The van der Waals surface area contributed by atoms with Gasteiger partial charge in [-0.15, -0.1) is 0 Å². The molecule has 0 aromatic rings. The van der Waals surface area contributed by atoms with E-state index < -0.39 is 0 Å². The first-order valence-electron chi connectivity index (χ1n) is 6.09. The number of aliphatic hydroxyl groups is 1. The molecule has 0 radical (unpaired) electrons. The van der Waals surface area contributed by atoms with Gasteiger partial charge >= 0.3 is 0 Å². The molecule has 0 amide bonds. The Morgan fingerprint density at radius 3 is 2.73 bits per heavy atom. The first-order valence-corrected chi connectivity index (χ1v) is 6.09. The van der Waals surface area contributed by atoms with Gasteiger partial charge in [-0.25, -0.2) is 0 Å². The van der Waals surface area contributed by atoms with Crippen LogP contribution < -0.4 is 5.73 Å². The number of nitrogens with two attached hydrogens (primary N) is 1. The summed E-state index contributed by atoms with van der Waals surface area (Å²) in [6.45, 7) is 8.74. The van der Waals surface area contributed by atoms with E-state index in [1.165, 1.54) is 6.42 Å². The second kappa shape index (κ2) is 7.17. The van der Waals surface area contributed by atoms with Gasteiger partial charge in [0, 0.05) is 51.9 Å². The van der Waals surface area contributed by atoms with Gasteiger partial charge < -0.3 is 15.7 Å². The predicted molar refractivity (Wildman–Crippen MR) is 62.8 cm³/mol. The van der Waals surface area contributed by atoms with Crippen molar-refractivity contribution in [2.75, 3.05) is 45.9 Å². The van der Waals surface area contributed by atoms with E-state index in [0.29, 0.717) is 12.6 Å². The number of hydrogen-bond acceptors (Lipinski definition) is 4. The zero-order chi connectivity index (χ0) is 11.1. The second-order valence-electron chi connectivity index (χ2n) is 4.26. The SMILES string of the molecule is CCC1CN(CCCO)CCN1CCN. The van der Waals surface area contributed by atoms with Crippen molar-refractivity contribution in [2.45, 2.75) is 25.8 Å². The van der Waals surface area contributed by atoms with Gasteiger partial charge in [0.25, 0.3) is 0 Å². The van der Waals surface area contributed by atoms with Gasteiger partial charge in [0.1, 0.15) is 0 Å². The molecule has 3 N–H and O–H groups in total. The van der Waals surface area contributed by atoms with Gasteiger partial charge in [0.2, 0.25) is 0 Å². The van der Waals surface area contributed by atoms with E-state index in [-0.39, 0.29) is 0 Å². The molecule has 1 aliphatic rings. The molecule has 0 aromatic heterocycles. The number of rotatable bonds is 6. The molecule has 0 aromatic carbocycles. The molecule has 1 aliphatic heterocycles.